The van der Waals surface area contributed by atoms with Crippen molar-refractivity contribution in [1.29, 1.82) is 0 Å². The zero-order valence-electron chi connectivity index (χ0n) is 13.6. The fourth-order valence-electron chi connectivity index (χ4n) is 3.50. The highest BCUT2D eigenvalue weighted by molar-refractivity contribution is 5.54. The van der Waals surface area contributed by atoms with Crippen LogP contribution in [0.5, 0.6) is 5.75 Å². The van der Waals surface area contributed by atoms with Crippen molar-refractivity contribution < 1.29 is 9.84 Å². The maximum Gasteiger partial charge on any atom is 0.122 e. The summed E-state index contributed by atoms with van der Waals surface area (Å²) < 4.78 is 5.62. The molecule has 1 aliphatic rings. The van der Waals surface area contributed by atoms with Gasteiger partial charge in [-0.25, -0.2) is 0 Å². The largest absolute Gasteiger partial charge is 0.496 e. The molecule has 21 heavy (non-hydrogen) atoms. The van der Waals surface area contributed by atoms with Crippen LogP contribution >= 0.6 is 0 Å². The molecular weight excluding hydrogens is 264 g/mol. The van der Waals surface area contributed by atoms with Crippen LogP contribution in [0.3, 0.4) is 0 Å². The minimum atomic E-state index is 0.226. The summed E-state index contributed by atoms with van der Waals surface area (Å²) in [6, 6.07) is 2.38. The number of methoxy groups -OCH3 is 1. The molecule has 0 bridgehead atoms. The molecule has 0 saturated carbocycles. The molecule has 1 heterocycles. The van der Waals surface area contributed by atoms with Crippen molar-refractivity contribution in [2.24, 2.45) is 5.73 Å². The molecule has 1 unspecified atom stereocenters. The second kappa shape index (κ2) is 6.77. The van der Waals surface area contributed by atoms with Gasteiger partial charge in [-0.2, -0.15) is 0 Å². The number of hydrogen-bond donors (Lipinski definition) is 2. The van der Waals surface area contributed by atoms with Gasteiger partial charge in [-0.1, -0.05) is 13.8 Å². The third-order valence-corrected chi connectivity index (χ3v) is 4.46. The van der Waals surface area contributed by atoms with Crippen LogP contribution in [0.1, 0.15) is 54.5 Å². The van der Waals surface area contributed by atoms with E-state index in [1.165, 1.54) is 22.3 Å². The van der Waals surface area contributed by atoms with Crippen molar-refractivity contribution in [2.45, 2.75) is 45.7 Å². The van der Waals surface area contributed by atoms with E-state index in [9.17, 15) is 0 Å². The topological polar surface area (TPSA) is 58.7 Å². The van der Waals surface area contributed by atoms with Crippen molar-refractivity contribution in [3.63, 3.8) is 0 Å². The lowest BCUT2D eigenvalue weighted by Crippen LogP contribution is -2.29. The number of aliphatic hydroxyl groups excluding tert-OH is 1. The van der Waals surface area contributed by atoms with Gasteiger partial charge in [0.25, 0.3) is 0 Å². The number of fused-ring (bicyclic) bond motifs is 1. The summed E-state index contributed by atoms with van der Waals surface area (Å²) in [5, 5.41) is 9.10. The Kier molecular flexibility index (Phi) is 5.25. The van der Waals surface area contributed by atoms with Crippen LogP contribution in [0.25, 0.3) is 0 Å². The molecule has 118 valence electrons. The third kappa shape index (κ3) is 2.93. The van der Waals surface area contributed by atoms with E-state index < -0.39 is 0 Å². The summed E-state index contributed by atoms with van der Waals surface area (Å²) in [5.74, 6) is 1.38. The number of hydrogen-bond acceptors (Lipinski definition) is 4. The van der Waals surface area contributed by atoms with Crippen LogP contribution < -0.4 is 10.5 Å². The van der Waals surface area contributed by atoms with Crippen LogP contribution in [-0.2, 0) is 6.54 Å². The van der Waals surface area contributed by atoms with Crippen LogP contribution in [0, 0.1) is 6.92 Å². The Morgan fingerprint density at radius 3 is 2.71 bits per heavy atom. The van der Waals surface area contributed by atoms with Gasteiger partial charge in [0.1, 0.15) is 5.75 Å². The van der Waals surface area contributed by atoms with E-state index in [1.807, 2.05) is 0 Å². The fourth-order valence-corrected chi connectivity index (χ4v) is 3.50. The first-order valence-electron chi connectivity index (χ1n) is 7.80. The number of ether oxygens (including phenoxy) is 1. The molecule has 0 saturated heterocycles. The number of nitrogens with zero attached hydrogens (tertiary/aromatic N) is 1. The number of benzene rings is 1. The molecule has 0 spiro atoms. The summed E-state index contributed by atoms with van der Waals surface area (Å²) in [6.07, 6.45) is 0.789. The van der Waals surface area contributed by atoms with E-state index >= 15 is 0 Å². The van der Waals surface area contributed by atoms with Crippen molar-refractivity contribution >= 4 is 0 Å². The Bertz CT molecular complexity index is 500. The maximum absolute atomic E-state index is 9.10. The molecule has 0 radical (unpaired) electrons. The van der Waals surface area contributed by atoms with E-state index in [1.54, 1.807) is 7.11 Å². The van der Waals surface area contributed by atoms with Gasteiger partial charge in [-0.05, 0) is 42.0 Å². The second-order valence-corrected chi connectivity index (χ2v) is 6.16. The minimum absolute atomic E-state index is 0.226. The molecule has 0 aromatic heterocycles. The monoisotopic (exact) mass is 292 g/mol. The van der Waals surface area contributed by atoms with Gasteiger partial charge in [-0.15, -0.1) is 0 Å². The average Bonchev–Trinajstić information content (AvgIpc) is 2.83. The first-order valence-corrected chi connectivity index (χ1v) is 7.80. The van der Waals surface area contributed by atoms with Gasteiger partial charge in [0.15, 0.2) is 0 Å². The first kappa shape index (κ1) is 16.3. The molecule has 4 nitrogen and oxygen atoms in total. The van der Waals surface area contributed by atoms with Gasteiger partial charge in [0.05, 0.1) is 7.11 Å². The fraction of sp³-hybridized carbons (Fsp3) is 0.647. The molecule has 0 amide bonds. The summed E-state index contributed by atoms with van der Waals surface area (Å²) in [5.41, 5.74) is 11.4. The molecule has 4 heteroatoms. The molecule has 1 atom stereocenters. The minimum Gasteiger partial charge on any atom is -0.496 e. The van der Waals surface area contributed by atoms with Crippen LogP contribution in [0.4, 0.5) is 0 Å². The summed E-state index contributed by atoms with van der Waals surface area (Å²) in [4.78, 5) is 2.39. The number of rotatable bonds is 6. The molecule has 0 fully saturated rings. The van der Waals surface area contributed by atoms with Gasteiger partial charge in [0, 0.05) is 37.8 Å². The lowest BCUT2D eigenvalue weighted by molar-refractivity contribution is 0.189. The highest BCUT2D eigenvalue weighted by Crippen LogP contribution is 2.44. The Morgan fingerprint density at radius 1 is 1.48 bits per heavy atom. The van der Waals surface area contributed by atoms with Crippen LogP contribution in [-0.4, -0.2) is 36.8 Å². The molecule has 1 aromatic carbocycles. The molecule has 2 rings (SSSR count). The Morgan fingerprint density at radius 2 is 2.19 bits per heavy atom. The van der Waals surface area contributed by atoms with E-state index in [0.29, 0.717) is 12.5 Å². The van der Waals surface area contributed by atoms with Crippen molar-refractivity contribution in [3.8, 4) is 5.75 Å². The summed E-state index contributed by atoms with van der Waals surface area (Å²) in [7, 11) is 1.74. The summed E-state index contributed by atoms with van der Waals surface area (Å²) >= 11 is 0. The standard InChI is InChI=1S/C17H28N2O2/c1-11(2)16-15(21-4)8-12(3)13-10-19(6-5-7-20)14(9-18)17(13)16/h8,11,14,20H,5-7,9-10,18H2,1-4H3. The Labute approximate surface area is 127 Å². The predicted octanol–water partition coefficient (Wildman–Crippen LogP) is 2.32. The quantitative estimate of drug-likeness (QED) is 0.845. The maximum atomic E-state index is 9.10. The third-order valence-electron chi connectivity index (χ3n) is 4.46. The van der Waals surface area contributed by atoms with E-state index in [-0.39, 0.29) is 12.6 Å². The van der Waals surface area contributed by atoms with Gasteiger partial charge in [0.2, 0.25) is 0 Å². The number of aryl methyl sites for hydroxylation is 1. The molecule has 0 aliphatic carbocycles. The van der Waals surface area contributed by atoms with E-state index in [4.69, 9.17) is 15.6 Å². The molecular formula is C17H28N2O2. The van der Waals surface area contributed by atoms with Crippen LogP contribution in [0.2, 0.25) is 0 Å². The number of nitrogens with two attached hydrogens (primary N) is 1. The van der Waals surface area contributed by atoms with Crippen molar-refractivity contribution in [1.82, 2.24) is 4.90 Å². The molecule has 1 aromatic rings. The number of aliphatic hydroxyl groups is 1. The van der Waals surface area contributed by atoms with E-state index in [0.717, 1.165) is 25.3 Å². The van der Waals surface area contributed by atoms with Gasteiger partial charge >= 0.3 is 0 Å². The summed E-state index contributed by atoms with van der Waals surface area (Å²) in [6.45, 7) is 9.19. The predicted molar refractivity (Wildman–Crippen MR) is 85.7 cm³/mol. The lowest BCUT2D eigenvalue weighted by Gasteiger charge is -2.26. The van der Waals surface area contributed by atoms with Gasteiger partial charge < -0.3 is 15.6 Å². The Balaban J connectivity index is 2.51. The Hall–Kier alpha value is -1.10. The molecule has 3 N–H and O–H groups in total. The highest BCUT2D eigenvalue weighted by Gasteiger charge is 2.34. The second-order valence-electron chi connectivity index (χ2n) is 6.16. The smallest absolute Gasteiger partial charge is 0.122 e. The molecule has 1 aliphatic heterocycles. The SMILES string of the molecule is COc1cc(C)c2c(c1C(C)C)C(CN)N(CCCO)C2. The highest BCUT2D eigenvalue weighted by atomic mass is 16.5. The van der Waals surface area contributed by atoms with Gasteiger partial charge in [-0.3, -0.25) is 4.90 Å². The van der Waals surface area contributed by atoms with Crippen LogP contribution in [0.15, 0.2) is 6.07 Å². The normalized spacial score (nSPS) is 18.3. The lowest BCUT2D eigenvalue weighted by atomic mass is 9.88. The zero-order chi connectivity index (χ0) is 15.6. The van der Waals surface area contributed by atoms with Crippen molar-refractivity contribution in [2.75, 3.05) is 26.8 Å². The van der Waals surface area contributed by atoms with Crippen molar-refractivity contribution in [3.05, 3.63) is 28.3 Å². The zero-order valence-corrected chi connectivity index (χ0v) is 13.6. The first-order chi connectivity index (χ1) is 10.0. The average molecular weight is 292 g/mol. The van der Waals surface area contributed by atoms with E-state index in [2.05, 4.69) is 31.7 Å².